The number of H-pyrrole nitrogens is 1. The van der Waals surface area contributed by atoms with E-state index < -0.39 is 5.82 Å². The summed E-state index contributed by atoms with van der Waals surface area (Å²) in [6, 6.07) is 7.42. The molecular formula is C15H7Cl4FN4S. The molecule has 4 nitrogen and oxygen atoms in total. The Hall–Kier alpha value is -1.44. The highest BCUT2D eigenvalue weighted by atomic mass is 35.5. The number of nitrogens with zero attached hydrogens (tertiary/aromatic N) is 3. The van der Waals surface area contributed by atoms with Crippen molar-refractivity contribution in [3.8, 4) is 11.4 Å². The summed E-state index contributed by atoms with van der Waals surface area (Å²) in [4.78, 5) is 0. The van der Waals surface area contributed by atoms with Gasteiger partial charge in [0.15, 0.2) is 5.82 Å². The third-order valence-corrected chi connectivity index (χ3v) is 4.61. The van der Waals surface area contributed by atoms with Crippen molar-refractivity contribution in [3.63, 3.8) is 0 Å². The van der Waals surface area contributed by atoms with Gasteiger partial charge in [0.1, 0.15) is 5.82 Å². The number of hydrogen-bond donors (Lipinski definition) is 1. The molecule has 0 aliphatic heterocycles. The molecule has 0 fully saturated rings. The van der Waals surface area contributed by atoms with Crippen LogP contribution in [0.5, 0.6) is 0 Å². The molecule has 0 radical (unpaired) electrons. The van der Waals surface area contributed by atoms with Crippen molar-refractivity contribution < 1.29 is 4.39 Å². The highest BCUT2D eigenvalue weighted by molar-refractivity contribution is 7.71. The van der Waals surface area contributed by atoms with Gasteiger partial charge in [-0.1, -0.05) is 52.5 Å². The summed E-state index contributed by atoms with van der Waals surface area (Å²) in [5.41, 5.74) is 0.906. The van der Waals surface area contributed by atoms with Crippen molar-refractivity contribution in [2.75, 3.05) is 0 Å². The molecule has 1 heterocycles. The molecule has 0 spiro atoms. The van der Waals surface area contributed by atoms with Crippen molar-refractivity contribution in [2.45, 2.75) is 0 Å². The van der Waals surface area contributed by atoms with Crippen LogP contribution >= 0.6 is 58.6 Å². The Labute approximate surface area is 166 Å². The van der Waals surface area contributed by atoms with Gasteiger partial charge in [0, 0.05) is 16.1 Å². The fourth-order valence-electron chi connectivity index (χ4n) is 1.99. The van der Waals surface area contributed by atoms with E-state index in [1.165, 1.54) is 17.0 Å². The number of aromatic nitrogens is 3. The second-order valence-electron chi connectivity index (χ2n) is 4.82. The predicted octanol–water partition coefficient (Wildman–Crippen LogP) is 6.24. The van der Waals surface area contributed by atoms with Crippen LogP contribution in [0, 0.1) is 10.6 Å². The van der Waals surface area contributed by atoms with Crippen LogP contribution in [-0.2, 0) is 0 Å². The molecule has 0 aliphatic rings. The standard InChI is InChI=1S/C15H7Cl4FN4S/c16-8-2-1-7(10(17)3-8)6-21-24-14(22-23-15(24)25)9-4-13(20)12(19)5-11(9)18/h1-6H,(H,23,25)/b21-6+. The summed E-state index contributed by atoms with van der Waals surface area (Å²) in [7, 11) is 0. The first kappa shape index (κ1) is 18.4. The van der Waals surface area contributed by atoms with Gasteiger partial charge < -0.3 is 0 Å². The van der Waals surface area contributed by atoms with Crippen LogP contribution in [0.3, 0.4) is 0 Å². The van der Waals surface area contributed by atoms with Crippen molar-refractivity contribution in [2.24, 2.45) is 5.10 Å². The quantitative estimate of drug-likeness (QED) is 0.300. The molecule has 0 atom stereocenters. The van der Waals surface area contributed by atoms with E-state index in [1.54, 1.807) is 18.2 Å². The first-order valence-electron chi connectivity index (χ1n) is 6.68. The minimum atomic E-state index is -0.633. The summed E-state index contributed by atoms with van der Waals surface area (Å²) in [5.74, 6) is -0.404. The molecule has 3 rings (SSSR count). The molecule has 10 heteroatoms. The van der Waals surface area contributed by atoms with E-state index >= 15 is 0 Å². The van der Waals surface area contributed by atoms with Gasteiger partial charge in [-0.25, -0.2) is 9.49 Å². The van der Waals surface area contributed by atoms with Crippen LogP contribution < -0.4 is 0 Å². The molecule has 2 aromatic carbocycles. The molecule has 3 aromatic rings. The van der Waals surface area contributed by atoms with Gasteiger partial charge in [-0.15, -0.1) is 0 Å². The Bertz CT molecular complexity index is 1040. The lowest BCUT2D eigenvalue weighted by molar-refractivity contribution is 0.628. The topological polar surface area (TPSA) is 46.0 Å². The zero-order valence-corrected chi connectivity index (χ0v) is 15.9. The molecule has 0 unspecified atom stereocenters. The second-order valence-corrected chi connectivity index (χ2v) is 6.87. The van der Waals surface area contributed by atoms with E-state index in [1.807, 2.05) is 0 Å². The van der Waals surface area contributed by atoms with Gasteiger partial charge >= 0.3 is 0 Å². The van der Waals surface area contributed by atoms with Crippen molar-refractivity contribution in [1.82, 2.24) is 14.9 Å². The van der Waals surface area contributed by atoms with Crippen molar-refractivity contribution in [1.29, 1.82) is 0 Å². The molecular weight excluding hydrogens is 429 g/mol. The first-order valence-corrected chi connectivity index (χ1v) is 8.60. The predicted molar refractivity (Wildman–Crippen MR) is 102 cm³/mol. The van der Waals surface area contributed by atoms with E-state index in [2.05, 4.69) is 15.3 Å². The largest absolute Gasteiger partial charge is 0.250 e. The third kappa shape index (κ3) is 3.88. The number of benzene rings is 2. The van der Waals surface area contributed by atoms with E-state index in [4.69, 9.17) is 58.6 Å². The Morgan fingerprint density at radius 3 is 2.56 bits per heavy atom. The minimum Gasteiger partial charge on any atom is -0.250 e. The Balaban J connectivity index is 2.08. The molecule has 0 saturated carbocycles. The monoisotopic (exact) mass is 434 g/mol. The van der Waals surface area contributed by atoms with Gasteiger partial charge in [0.25, 0.3) is 0 Å². The number of nitrogens with one attached hydrogen (secondary N) is 1. The molecule has 0 aliphatic carbocycles. The fourth-order valence-corrected chi connectivity index (χ4v) is 3.10. The molecule has 128 valence electrons. The van der Waals surface area contributed by atoms with Crippen LogP contribution in [0.15, 0.2) is 35.4 Å². The maximum atomic E-state index is 13.8. The lowest BCUT2D eigenvalue weighted by atomic mass is 10.2. The highest BCUT2D eigenvalue weighted by Crippen LogP contribution is 2.31. The minimum absolute atomic E-state index is 0.0918. The SMILES string of the molecule is Fc1cc(-c2n[nH]c(=S)n2/N=C/c2ccc(Cl)cc2Cl)c(Cl)cc1Cl. The first-order chi connectivity index (χ1) is 11.9. The van der Waals surface area contributed by atoms with E-state index in [0.717, 1.165) is 6.07 Å². The molecule has 0 saturated heterocycles. The normalized spacial score (nSPS) is 11.4. The third-order valence-electron chi connectivity index (χ3n) is 3.18. The van der Waals surface area contributed by atoms with Gasteiger partial charge in [-0.05, 0) is 36.5 Å². The highest BCUT2D eigenvalue weighted by Gasteiger charge is 2.15. The maximum absolute atomic E-state index is 13.8. The van der Waals surface area contributed by atoms with Crippen LogP contribution in [-0.4, -0.2) is 21.1 Å². The molecule has 1 aromatic heterocycles. The van der Waals surface area contributed by atoms with Crippen LogP contribution in [0.4, 0.5) is 4.39 Å². The van der Waals surface area contributed by atoms with Crippen LogP contribution in [0.1, 0.15) is 5.56 Å². The van der Waals surface area contributed by atoms with Gasteiger partial charge in [0.05, 0.1) is 21.3 Å². The molecule has 1 N–H and O–H groups in total. The summed E-state index contributed by atoms with van der Waals surface area (Å²) in [6.07, 6.45) is 1.48. The van der Waals surface area contributed by atoms with E-state index in [-0.39, 0.29) is 26.2 Å². The summed E-state index contributed by atoms with van der Waals surface area (Å²) < 4.78 is 15.3. The smallest absolute Gasteiger partial charge is 0.216 e. The van der Waals surface area contributed by atoms with E-state index in [9.17, 15) is 4.39 Å². The molecule has 0 bridgehead atoms. The zero-order chi connectivity index (χ0) is 18.1. The average molecular weight is 436 g/mol. The fraction of sp³-hybridized carbons (Fsp3) is 0. The maximum Gasteiger partial charge on any atom is 0.216 e. The summed E-state index contributed by atoms with van der Waals surface area (Å²) in [6.45, 7) is 0. The number of hydrogen-bond acceptors (Lipinski definition) is 3. The second kappa shape index (κ2) is 7.43. The Kier molecular flexibility index (Phi) is 5.46. The van der Waals surface area contributed by atoms with Gasteiger partial charge in [0.2, 0.25) is 4.77 Å². The average Bonchev–Trinajstić information content (AvgIpc) is 2.91. The summed E-state index contributed by atoms with van der Waals surface area (Å²) >= 11 is 29.0. The zero-order valence-electron chi connectivity index (χ0n) is 12.1. The van der Waals surface area contributed by atoms with Gasteiger partial charge in [-0.2, -0.15) is 14.9 Å². The van der Waals surface area contributed by atoms with Crippen LogP contribution in [0.2, 0.25) is 20.1 Å². The van der Waals surface area contributed by atoms with Crippen LogP contribution in [0.25, 0.3) is 11.4 Å². The molecule has 0 amide bonds. The Morgan fingerprint density at radius 1 is 1.08 bits per heavy atom. The van der Waals surface area contributed by atoms with E-state index in [0.29, 0.717) is 15.6 Å². The number of rotatable bonds is 3. The number of halogens is 5. The Morgan fingerprint density at radius 2 is 1.84 bits per heavy atom. The van der Waals surface area contributed by atoms with Gasteiger partial charge in [-0.3, -0.25) is 0 Å². The lowest BCUT2D eigenvalue weighted by Gasteiger charge is -2.05. The summed E-state index contributed by atoms with van der Waals surface area (Å²) in [5, 5.41) is 11.9. The molecule has 25 heavy (non-hydrogen) atoms. The number of aromatic amines is 1. The van der Waals surface area contributed by atoms with Crippen molar-refractivity contribution >= 4 is 64.8 Å². The van der Waals surface area contributed by atoms with Crippen molar-refractivity contribution in [3.05, 3.63) is 66.6 Å². The lowest BCUT2D eigenvalue weighted by Crippen LogP contribution is -1.97.